The van der Waals surface area contributed by atoms with Crippen LogP contribution in [0.2, 0.25) is 0 Å². The smallest absolute Gasteiger partial charge is 0.152 e. The maximum atomic E-state index is 13.0. The molecule has 1 aromatic carbocycles. The zero-order valence-electron chi connectivity index (χ0n) is 10.2. The van der Waals surface area contributed by atoms with Gasteiger partial charge in [-0.3, -0.25) is 4.79 Å². The van der Waals surface area contributed by atoms with E-state index >= 15 is 0 Å². The SMILES string of the molecule is CCC1CCN(c2ccc(F)cc2C=O)CC1. The summed E-state index contributed by atoms with van der Waals surface area (Å²) in [6, 6.07) is 4.45. The average Bonchev–Trinajstić information content (AvgIpc) is 2.39. The topological polar surface area (TPSA) is 20.3 Å². The number of carbonyl (C=O) groups excluding carboxylic acids is 1. The molecule has 1 aliphatic heterocycles. The van der Waals surface area contributed by atoms with Gasteiger partial charge >= 0.3 is 0 Å². The summed E-state index contributed by atoms with van der Waals surface area (Å²) < 4.78 is 13.0. The summed E-state index contributed by atoms with van der Waals surface area (Å²) in [5, 5.41) is 0. The number of hydrogen-bond donors (Lipinski definition) is 0. The first-order chi connectivity index (χ1) is 8.24. The van der Waals surface area contributed by atoms with Crippen molar-refractivity contribution in [1.29, 1.82) is 0 Å². The highest BCUT2D eigenvalue weighted by Crippen LogP contribution is 2.27. The molecular formula is C14H18FNO. The van der Waals surface area contributed by atoms with Crippen LogP contribution in [0, 0.1) is 11.7 Å². The highest BCUT2D eigenvalue weighted by Gasteiger charge is 2.19. The van der Waals surface area contributed by atoms with Crippen LogP contribution in [0.15, 0.2) is 18.2 Å². The van der Waals surface area contributed by atoms with Crippen LogP contribution in [-0.2, 0) is 0 Å². The monoisotopic (exact) mass is 235 g/mol. The molecule has 1 heterocycles. The summed E-state index contributed by atoms with van der Waals surface area (Å²) in [6.07, 6.45) is 4.28. The first-order valence-electron chi connectivity index (χ1n) is 6.24. The molecule has 0 spiro atoms. The van der Waals surface area contributed by atoms with Crippen molar-refractivity contribution in [3.05, 3.63) is 29.6 Å². The first-order valence-corrected chi connectivity index (χ1v) is 6.24. The van der Waals surface area contributed by atoms with Gasteiger partial charge in [-0.15, -0.1) is 0 Å². The molecule has 0 amide bonds. The van der Waals surface area contributed by atoms with E-state index in [0.717, 1.165) is 43.8 Å². The maximum absolute atomic E-state index is 13.0. The number of rotatable bonds is 3. The fraction of sp³-hybridized carbons (Fsp3) is 0.500. The Morgan fingerprint density at radius 2 is 2.12 bits per heavy atom. The molecule has 0 atom stereocenters. The standard InChI is InChI=1S/C14H18FNO/c1-2-11-5-7-16(8-6-11)14-4-3-13(15)9-12(14)10-17/h3-4,9-11H,2,5-8H2,1H3. The zero-order valence-corrected chi connectivity index (χ0v) is 10.2. The highest BCUT2D eigenvalue weighted by atomic mass is 19.1. The van der Waals surface area contributed by atoms with E-state index < -0.39 is 0 Å². The fourth-order valence-corrected chi connectivity index (χ4v) is 2.49. The molecule has 0 N–H and O–H groups in total. The van der Waals surface area contributed by atoms with Gasteiger partial charge in [-0.2, -0.15) is 0 Å². The number of benzene rings is 1. The van der Waals surface area contributed by atoms with E-state index in [1.807, 2.05) is 0 Å². The Balaban J connectivity index is 2.15. The summed E-state index contributed by atoms with van der Waals surface area (Å²) in [5.41, 5.74) is 1.33. The Morgan fingerprint density at radius 3 is 2.71 bits per heavy atom. The summed E-state index contributed by atoms with van der Waals surface area (Å²) in [6.45, 7) is 4.14. The second-order valence-corrected chi connectivity index (χ2v) is 4.66. The lowest BCUT2D eigenvalue weighted by atomic mass is 9.94. The largest absolute Gasteiger partial charge is 0.371 e. The van der Waals surface area contributed by atoms with Gasteiger partial charge in [0.2, 0.25) is 0 Å². The minimum absolute atomic E-state index is 0.348. The first kappa shape index (κ1) is 12.1. The molecule has 0 aromatic heterocycles. The van der Waals surface area contributed by atoms with Crippen molar-refractivity contribution >= 4 is 12.0 Å². The number of piperidine rings is 1. The van der Waals surface area contributed by atoms with E-state index in [9.17, 15) is 9.18 Å². The summed E-state index contributed by atoms with van der Waals surface area (Å²) in [5.74, 6) is 0.450. The average molecular weight is 235 g/mol. The Hall–Kier alpha value is -1.38. The Labute approximate surface area is 101 Å². The van der Waals surface area contributed by atoms with Crippen molar-refractivity contribution in [2.24, 2.45) is 5.92 Å². The van der Waals surface area contributed by atoms with Gasteiger partial charge in [0.05, 0.1) is 0 Å². The summed E-state index contributed by atoms with van der Waals surface area (Å²) in [7, 11) is 0. The van der Waals surface area contributed by atoms with Crippen LogP contribution < -0.4 is 4.90 Å². The molecule has 17 heavy (non-hydrogen) atoms. The van der Waals surface area contributed by atoms with Crippen molar-refractivity contribution in [3.8, 4) is 0 Å². The van der Waals surface area contributed by atoms with Gasteiger partial charge in [0.15, 0.2) is 6.29 Å². The molecule has 0 saturated carbocycles. The molecule has 2 nitrogen and oxygen atoms in total. The van der Waals surface area contributed by atoms with Crippen LogP contribution in [0.1, 0.15) is 36.5 Å². The van der Waals surface area contributed by atoms with E-state index in [0.29, 0.717) is 5.56 Å². The van der Waals surface area contributed by atoms with Gasteiger partial charge in [0.1, 0.15) is 5.82 Å². The third-order valence-electron chi connectivity index (χ3n) is 3.65. The number of halogens is 1. The minimum Gasteiger partial charge on any atom is -0.371 e. The highest BCUT2D eigenvalue weighted by molar-refractivity contribution is 5.84. The van der Waals surface area contributed by atoms with E-state index in [-0.39, 0.29) is 5.82 Å². The summed E-state index contributed by atoms with van der Waals surface area (Å²) >= 11 is 0. The van der Waals surface area contributed by atoms with Crippen LogP contribution >= 0.6 is 0 Å². The number of nitrogens with zero attached hydrogens (tertiary/aromatic N) is 1. The Morgan fingerprint density at radius 1 is 1.41 bits per heavy atom. The molecule has 1 aliphatic rings. The van der Waals surface area contributed by atoms with Crippen molar-refractivity contribution in [3.63, 3.8) is 0 Å². The lowest BCUT2D eigenvalue weighted by Gasteiger charge is -2.33. The summed E-state index contributed by atoms with van der Waals surface area (Å²) in [4.78, 5) is 13.1. The molecule has 3 heteroatoms. The van der Waals surface area contributed by atoms with Gasteiger partial charge in [-0.25, -0.2) is 4.39 Å². The van der Waals surface area contributed by atoms with Crippen LogP contribution in [0.4, 0.5) is 10.1 Å². The minimum atomic E-state index is -0.348. The lowest BCUT2D eigenvalue weighted by Crippen LogP contribution is -2.34. The number of anilines is 1. The fourth-order valence-electron chi connectivity index (χ4n) is 2.49. The van der Waals surface area contributed by atoms with Gasteiger partial charge in [0.25, 0.3) is 0 Å². The van der Waals surface area contributed by atoms with Crippen molar-refractivity contribution in [1.82, 2.24) is 0 Å². The zero-order chi connectivity index (χ0) is 12.3. The lowest BCUT2D eigenvalue weighted by molar-refractivity contribution is 0.112. The molecule has 2 rings (SSSR count). The maximum Gasteiger partial charge on any atom is 0.152 e. The molecule has 0 unspecified atom stereocenters. The molecule has 1 aromatic rings. The molecule has 1 saturated heterocycles. The van der Waals surface area contributed by atoms with Gasteiger partial charge in [-0.05, 0) is 37.0 Å². The van der Waals surface area contributed by atoms with E-state index in [1.165, 1.54) is 18.6 Å². The second kappa shape index (κ2) is 5.30. The number of carbonyl (C=O) groups is 1. The number of aldehydes is 1. The van der Waals surface area contributed by atoms with Crippen LogP contribution in [0.5, 0.6) is 0 Å². The van der Waals surface area contributed by atoms with Crippen LogP contribution in [-0.4, -0.2) is 19.4 Å². The molecule has 0 bridgehead atoms. The third kappa shape index (κ3) is 2.65. The van der Waals surface area contributed by atoms with Gasteiger partial charge in [-0.1, -0.05) is 13.3 Å². The molecule has 0 radical (unpaired) electrons. The van der Waals surface area contributed by atoms with Crippen molar-refractivity contribution in [2.75, 3.05) is 18.0 Å². The van der Waals surface area contributed by atoms with Crippen molar-refractivity contribution in [2.45, 2.75) is 26.2 Å². The number of hydrogen-bond acceptors (Lipinski definition) is 2. The molecule has 1 fully saturated rings. The van der Waals surface area contributed by atoms with Crippen LogP contribution in [0.3, 0.4) is 0 Å². The van der Waals surface area contributed by atoms with E-state index in [4.69, 9.17) is 0 Å². The van der Waals surface area contributed by atoms with E-state index in [2.05, 4.69) is 11.8 Å². The van der Waals surface area contributed by atoms with Crippen molar-refractivity contribution < 1.29 is 9.18 Å². The quantitative estimate of drug-likeness (QED) is 0.749. The predicted octanol–water partition coefficient (Wildman–Crippen LogP) is 3.26. The van der Waals surface area contributed by atoms with Gasteiger partial charge < -0.3 is 4.90 Å². The molecular weight excluding hydrogens is 217 g/mol. The van der Waals surface area contributed by atoms with E-state index in [1.54, 1.807) is 6.07 Å². The predicted molar refractivity (Wildman–Crippen MR) is 67.0 cm³/mol. The Bertz CT molecular complexity index is 397. The van der Waals surface area contributed by atoms with Gasteiger partial charge in [0, 0.05) is 24.3 Å². The second-order valence-electron chi connectivity index (χ2n) is 4.66. The molecule has 0 aliphatic carbocycles. The van der Waals surface area contributed by atoms with Crippen LogP contribution in [0.25, 0.3) is 0 Å². The molecule has 92 valence electrons. The normalized spacial score (nSPS) is 17.2. The third-order valence-corrected chi connectivity index (χ3v) is 3.65. The Kier molecular flexibility index (Phi) is 3.77.